The number of benzene rings is 3. The summed E-state index contributed by atoms with van der Waals surface area (Å²) in [7, 11) is -3.58. The normalized spacial score (nSPS) is 14.4. The van der Waals surface area contributed by atoms with Crippen LogP contribution in [0.25, 0.3) is 0 Å². The molecule has 0 saturated heterocycles. The van der Waals surface area contributed by atoms with Crippen LogP contribution in [0.2, 0.25) is 0 Å². The number of ether oxygens (including phenoxy) is 2. The summed E-state index contributed by atoms with van der Waals surface area (Å²) in [5, 5.41) is 2.79. The van der Waals surface area contributed by atoms with E-state index in [-0.39, 0.29) is 23.5 Å². The highest BCUT2D eigenvalue weighted by molar-refractivity contribution is 7.89. The highest BCUT2D eigenvalue weighted by Gasteiger charge is 2.21. The van der Waals surface area contributed by atoms with Gasteiger partial charge in [0.05, 0.1) is 10.6 Å². The van der Waals surface area contributed by atoms with Gasteiger partial charge in [-0.25, -0.2) is 13.1 Å². The molecule has 0 unspecified atom stereocenters. The van der Waals surface area contributed by atoms with Gasteiger partial charge in [-0.15, -0.1) is 0 Å². The average Bonchev–Trinajstić information content (AvgIpc) is 2.85. The lowest BCUT2D eigenvalue weighted by Gasteiger charge is -2.22. The summed E-state index contributed by atoms with van der Waals surface area (Å²) in [5.74, 6) is 1.22. The fourth-order valence-corrected chi connectivity index (χ4v) is 5.14. The van der Waals surface area contributed by atoms with Crippen LogP contribution in [-0.2, 0) is 14.8 Å². The number of amides is 1. The zero-order chi connectivity index (χ0) is 23.8. The van der Waals surface area contributed by atoms with E-state index in [4.69, 9.17) is 9.47 Å². The van der Waals surface area contributed by atoms with Gasteiger partial charge in [-0.05, 0) is 61.4 Å². The van der Waals surface area contributed by atoms with Crippen molar-refractivity contribution in [3.8, 4) is 17.2 Å². The van der Waals surface area contributed by atoms with Gasteiger partial charge >= 0.3 is 0 Å². The Labute approximate surface area is 200 Å². The van der Waals surface area contributed by atoms with E-state index in [0.717, 1.165) is 32.1 Å². The molecule has 3 aromatic rings. The molecule has 0 spiro atoms. The highest BCUT2D eigenvalue weighted by atomic mass is 32.2. The predicted octanol–water partition coefficient (Wildman–Crippen LogP) is 5.11. The van der Waals surface area contributed by atoms with Crippen molar-refractivity contribution in [1.82, 2.24) is 4.72 Å². The first kappa shape index (κ1) is 23.8. The minimum absolute atomic E-state index is 0.00730. The van der Waals surface area contributed by atoms with Crippen molar-refractivity contribution in [2.75, 3.05) is 11.9 Å². The first-order valence-corrected chi connectivity index (χ1v) is 12.8. The maximum Gasteiger partial charge on any atom is 0.262 e. The van der Waals surface area contributed by atoms with Gasteiger partial charge in [-0.2, -0.15) is 0 Å². The van der Waals surface area contributed by atoms with Crippen LogP contribution < -0.4 is 19.5 Å². The summed E-state index contributed by atoms with van der Waals surface area (Å²) in [4.78, 5) is 12.6. The molecule has 4 rings (SSSR count). The number of rotatable bonds is 9. The molecule has 2 N–H and O–H groups in total. The second kappa shape index (κ2) is 11.2. The number of carbonyl (C=O) groups excluding carboxylic acids is 1. The summed E-state index contributed by atoms with van der Waals surface area (Å²) in [6.45, 7) is -0.230. The summed E-state index contributed by atoms with van der Waals surface area (Å²) >= 11 is 0. The van der Waals surface area contributed by atoms with Gasteiger partial charge in [0.1, 0.15) is 11.5 Å². The quantitative estimate of drug-likeness (QED) is 0.444. The number of sulfonamides is 1. The minimum Gasteiger partial charge on any atom is -0.484 e. The molecule has 7 nitrogen and oxygen atoms in total. The van der Waals surface area contributed by atoms with Crippen molar-refractivity contribution in [3.05, 3.63) is 78.9 Å². The molecule has 1 fully saturated rings. The Morgan fingerprint density at radius 2 is 1.50 bits per heavy atom. The standard InChI is InChI=1S/C26H28N2O5S/c29-26(27-24-13-7-8-14-25(24)33-22-11-5-2-6-12-22)19-32-21-15-17-23(18-16-21)34(30,31)28-20-9-3-1-4-10-20/h2,5-8,11-18,20,28H,1,3-4,9-10,19H2,(H,27,29). The maximum absolute atomic E-state index is 12.6. The molecule has 178 valence electrons. The lowest BCUT2D eigenvalue weighted by molar-refractivity contribution is -0.118. The SMILES string of the molecule is O=C(COc1ccc(S(=O)(=O)NC2CCCCC2)cc1)Nc1ccccc1Oc1ccccc1. The first-order chi connectivity index (χ1) is 16.5. The zero-order valence-electron chi connectivity index (χ0n) is 18.8. The summed E-state index contributed by atoms with van der Waals surface area (Å²) < 4.78 is 39.4. The van der Waals surface area contributed by atoms with E-state index in [1.807, 2.05) is 36.4 Å². The molecule has 1 aliphatic carbocycles. The molecule has 0 bridgehead atoms. The number of hydrogen-bond donors (Lipinski definition) is 2. The molecule has 0 aromatic heterocycles. The molecule has 8 heteroatoms. The third-order valence-electron chi connectivity index (χ3n) is 5.56. The minimum atomic E-state index is -3.58. The average molecular weight is 481 g/mol. The second-order valence-electron chi connectivity index (χ2n) is 8.18. The Morgan fingerprint density at radius 1 is 0.824 bits per heavy atom. The van der Waals surface area contributed by atoms with E-state index in [2.05, 4.69) is 10.0 Å². The fraction of sp³-hybridized carbons (Fsp3) is 0.269. The third-order valence-corrected chi connectivity index (χ3v) is 7.10. The summed E-state index contributed by atoms with van der Waals surface area (Å²) in [6, 6.07) is 22.5. The number of carbonyl (C=O) groups is 1. The Balaban J connectivity index is 1.31. The lowest BCUT2D eigenvalue weighted by Crippen LogP contribution is -2.36. The van der Waals surface area contributed by atoms with Crippen molar-refractivity contribution < 1.29 is 22.7 Å². The molecule has 0 atom stereocenters. The smallest absolute Gasteiger partial charge is 0.262 e. The van der Waals surface area contributed by atoms with Gasteiger partial charge in [0.25, 0.3) is 5.91 Å². The topological polar surface area (TPSA) is 93.7 Å². The molecule has 3 aromatic carbocycles. The number of para-hydroxylation sites is 3. The molecule has 0 radical (unpaired) electrons. The van der Waals surface area contributed by atoms with Crippen LogP contribution in [0.1, 0.15) is 32.1 Å². The van der Waals surface area contributed by atoms with Crippen LogP contribution in [0.3, 0.4) is 0 Å². The Hall–Kier alpha value is -3.36. The van der Waals surface area contributed by atoms with Gasteiger partial charge in [-0.1, -0.05) is 49.6 Å². The molecule has 34 heavy (non-hydrogen) atoms. The maximum atomic E-state index is 12.6. The van der Waals surface area contributed by atoms with E-state index in [1.165, 1.54) is 12.1 Å². The molecule has 1 aliphatic rings. The second-order valence-corrected chi connectivity index (χ2v) is 9.89. The van der Waals surface area contributed by atoms with E-state index >= 15 is 0 Å². The third kappa shape index (κ3) is 6.59. The molecular formula is C26H28N2O5S. The molecule has 1 amide bonds. The van der Waals surface area contributed by atoms with Gasteiger partial charge in [0.15, 0.2) is 12.4 Å². The van der Waals surface area contributed by atoms with Crippen LogP contribution in [0.15, 0.2) is 83.8 Å². The summed E-state index contributed by atoms with van der Waals surface area (Å²) in [5.41, 5.74) is 0.523. The predicted molar refractivity (Wildman–Crippen MR) is 131 cm³/mol. The number of nitrogens with one attached hydrogen (secondary N) is 2. The molecule has 0 aliphatic heterocycles. The van der Waals surface area contributed by atoms with Crippen molar-refractivity contribution in [3.63, 3.8) is 0 Å². The summed E-state index contributed by atoms with van der Waals surface area (Å²) in [6.07, 6.45) is 4.99. The fourth-order valence-electron chi connectivity index (χ4n) is 3.83. The van der Waals surface area contributed by atoms with Crippen LogP contribution in [0.4, 0.5) is 5.69 Å². The van der Waals surface area contributed by atoms with E-state index in [9.17, 15) is 13.2 Å². The Bertz CT molecular complexity index is 1190. The van der Waals surface area contributed by atoms with Gasteiger partial charge in [-0.3, -0.25) is 4.79 Å². The van der Waals surface area contributed by atoms with Crippen LogP contribution in [0, 0.1) is 0 Å². The first-order valence-electron chi connectivity index (χ1n) is 11.4. The van der Waals surface area contributed by atoms with Crippen molar-refractivity contribution >= 4 is 21.6 Å². The largest absolute Gasteiger partial charge is 0.484 e. The van der Waals surface area contributed by atoms with Gasteiger partial charge in [0, 0.05) is 6.04 Å². The molecule has 0 heterocycles. The zero-order valence-corrected chi connectivity index (χ0v) is 19.6. The van der Waals surface area contributed by atoms with Gasteiger partial charge in [0.2, 0.25) is 10.0 Å². The number of anilines is 1. The molecule has 1 saturated carbocycles. The Morgan fingerprint density at radius 3 is 2.24 bits per heavy atom. The van der Waals surface area contributed by atoms with E-state index < -0.39 is 10.0 Å². The monoisotopic (exact) mass is 480 g/mol. The van der Waals surface area contributed by atoms with Crippen LogP contribution in [0.5, 0.6) is 17.2 Å². The Kier molecular flexibility index (Phi) is 7.82. The van der Waals surface area contributed by atoms with Crippen LogP contribution >= 0.6 is 0 Å². The number of hydrogen-bond acceptors (Lipinski definition) is 5. The van der Waals surface area contributed by atoms with Crippen molar-refractivity contribution in [1.29, 1.82) is 0 Å². The van der Waals surface area contributed by atoms with Crippen molar-refractivity contribution in [2.24, 2.45) is 0 Å². The van der Waals surface area contributed by atoms with Gasteiger partial charge < -0.3 is 14.8 Å². The van der Waals surface area contributed by atoms with Crippen LogP contribution in [-0.4, -0.2) is 27.0 Å². The van der Waals surface area contributed by atoms with Crippen molar-refractivity contribution in [2.45, 2.75) is 43.0 Å². The van der Waals surface area contributed by atoms with E-state index in [0.29, 0.717) is 22.9 Å². The lowest BCUT2D eigenvalue weighted by atomic mass is 9.96. The highest BCUT2D eigenvalue weighted by Crippen LogP contribution is 2.29. The van der Waals surface area contributed by atoms with E-state index in [1.54, 1.807) is 30.3 Å². The molecular weight excluding hydrogens is 452 g/mol.